The van der Waals surface area contributed by atoms with Crippen LogP contribution in [0.25, 0.3) is 0 Å². The van der Waals surface area contributed by atoms with Crippen LogP contribution in [-0.4, -0.2) is 16.7 Å². The molecule has 1 aromatic carbocycles. The van der Waals surface area contributed by atoms with Crippen LogP contribution >= 0.6 is 11.3 Å². The van der Waals surface area contributed by atoms with Crippen molar-refractivity contribution < 1.29 is 14.2 Å². The zero-order valence-electron chi connectivity index (χ0n) is 10.9. The average Bonchev–Trinajstić information content (AvgIpc) is 2.77. The predicted molar refractivity (Wildman–Crippen MR) is 73.1 cm³/mol. The normalized spacial score (nSPS) is 12.4. The van der Waals surface area contributed by atoms with E-state index >= 15 is 0 Å². The van der Waals surface area contributed by atoms with Crippen molar-refractivity contribution in [2.24, 2.45) is 0 Å². The van der Waals surface area contributed by atoms with Crippen LogP contribution < -0.4 is 4.74 Å². The molecule has 102 valence electrons. The lowest BCUT2D eigenvalue weighted by atomic mass is 10.1. The van der Waals surface area contributed by atoms with E-state index in [0.29, 0.717) is 18.6 Å². The number of aromatic nitrogens is 1. The molecule has 19 heavy (non-hydrogen) atoms. The molecule has 0 radical (unpaired) electrons. The number of benzene rings is 1. The van der Waals surface area contributed by atoms with Gasteiger partial charge in [0, 0.05) is 11.3 Å². The number of aliphatic hydroxyl groups is 1. The lowest BCUT2D eigenvalue weighted by Crippen LogP contribution is -2.03. The van der Waals surface area contributed by atoms with Crippen molar-refractivity contribution in [3.05, 3.63) is 45.7 Å². The summed E-state index contributed by atoms with van der Waals surface area (Å²) in [5.41, 5.74) is 3.34. The summed E-state index contributed by atoms with van der Waals surface area (Å²) in [6, 6.07) is 4.52. The van der Waals surface area contributed by atoms with E-state index in [-0.39, 0.29) is 5.75 Å². The van der Waals surface area contributed by atoms with Crippen LogP contribution in [0.15, 0.2) is 23.7 Å². The van der Waals surface area contributed by atoms with Gasteiger partial charge >= 0.3 is 0 Å². The van der Waals surface area contributed by atoms with Gasteiger partial charge in [0.05, 0.1) is 23.9 Å². The fourth-order valence-electron chi connectivity index (χ4n) is 1.71. The topological polar surface area (TPSA) is 42.4 Å². The number of hydrogen-bond donors (Lipinski definition) is 1. The van der Waals surface area contributed by atoms with Crippen LogP contribution in [0.1, 0.15) is 29.2 Å². The first kappa shape index (κ1) is 14.0. The minimum absolute atomic E-state index is 0.214. The summed E-state index contributed by atoms with van der Waals surface area (Å²) < 4.78 is 19.1. The van der Waals surface area contributed by atoms with Gasteiger partial charge in [0.2, 0.25) is 0 Å². The highest BCUT2D eigenvalue weighted by atomic mass is 32.1. The zero-order chi connectivity index (χ0) is 13.8. The summed E-state index contributed by atoms with van der Waals surface area (Å²) >= 11 is 1.58. The molecule has 2 aromatic rings. The molecule has 5 heteroatoms. The molecule has 0 aliphatic heterocycles. The summed E-state index contributed by atoms with van der Waals surface area (Å²) in [5.74, 6) is -0.231. The maximum absolute atomic E-state index is 13.7. The standard InChI is InChI=1S/C14H16FNO2S/c1-9-14(19-8-16-9)5-6-18-13-4-3-11(10(2)17)7-12(13)15/h3-4,7-8,10,17H,5-6H2,1-2H3/t10-/m1/s1. The van der Waals surface area contributed by atoms with E-state index in [2.05, 4.69) is 4.98 Å². The quantitative estimate of drug-likeness (QED) is 0.914. The van der Waals surface area contributed by atoms with Crippen molar-refractivity contribution in [2.45, 2.75) is 26.4 Å². The van der Waals surface area contributed by atoms with Crippen molar-refractivity contribution in [1.82, 2.24) is 4.98 Å². The first-order valence-electron chi connectivity index (χ1n) is 6.07. The third-order valence-electron chi connectivity index (χ3n) is 2.87. The number of ether oxygens (including phenoxy) is 1. The van der Waals surface area contributed by atoms with E-state index in [1.807, 2.05) is 6.92 Å². The smallest absolute Gasteiger partial charge is 0.165 e. The van der Waals surface area contributed by atoms with E-state index < -0.39 is 11.9 Å². The van der Waals surface area contributed by atoms with E-state index in [0.717, 1.165) is 10.6 Å². The summed E-state index contributed by atoms with van der Waals surface area (Å²) in [6.45, 7) is 3.96. The van der Waals surface area contributed by atoms with Crippen molar-refractivity contribution in [3.63, 3.8) is 0 Å². The third-order valence-corrected chi connectivity index (χ3v) is 3.86. The fourth-order valence-corrected chi connectivity index (χ4v) is 2.48. The van der Waals surface area contributed by atoms with Crippen molar-refractivity contribution in [1.29, 1.82) is 0 Å². The Balaban J connectivity index is 1.95. The highest BCUT2D eigenvalue weighted by molar-refractivity contribution is 7.09. The highest BCUT2D eigenvalue weighted by Crippen LogP contribution is 2.22. The van der Waals surface area contributed by atoms with Crippen molar-refractivity contribution in [2.75, 3.05) is 6.61 Å². The van der Waals surface area contributed by atoms with Crippen molar-refractivity contribution >= 4 is 11.3 Å². The first-order valence-corrected chi connectivity index (χ1v) is 6.95. The van der Waals surface area contributed by atoms with Crippen molar-refractivity contribution in [3.8, 4) is 5.75 Å². The first-order chi connectivity index (χ1) is 9.08. The Labute approximate surface area is 115 Å². The average molecular weight is 281 g/mol. The SMILES string of the molecule is Cc1ncsc1CCOc1ccc([C@@H](C)O)cc1F. The Bertz CT molecular complexity index is 554. The second-order valence-electron chi connectivity index (χ2n) is 4.33. The second-order valence-corrected chi connectivity index (χ2v) is 5.26. The van der Waals surface area contributed by atoms with Crippen LogP contribution in [0.2, 0.25) is 0 Å². The molecule has 0 saturated heterocycles. The molecular weight excluding hydrogens is 265 g/mol. The maximum Gasteiger partial charge on any atom is 0.165 e. The summed E-state index contributed by atoms with van der Waals surface area (Å²) in [6.07, 6.45) is 0.0389. The Kier molecular flexibility index (Phi) is 4.50. The zero-order valence-corrected chi connectivity index (χ0v) is 11.7. The summed E-state index contributed by atoms with van der Waals surface area (Å²) in [7, 11) is 0. The molecule has 0 saturated carbocycles. The molecule has 3 nitrogen and oxygen atoms in total. The Hall–Kier alpha value is -1.46. The minimum atomic E-state index is -0.677. The lowest BCUT2D eigenvalue weighted by Gasteiger charge is -2.09. The number of aryl methyl sites for hydroxylation is 1. The van der Waals surface area contributed by atoms with E-state index in [4.69, 9.17) is 4.74 Å². The van der Waals surface area contributed by atoms with Crippen LogP contribution in [0.4, 0.5) is 4.39 Å². The van der Waals surface area contributed by atoms with Crippen LogP contribution in [0.3, 0.4) is 0 Å². The minimum Gasteiger partial charge on any atom is -0.490 e. The van der Waals surface area contributed by atoms with Gasteiger partial charge in [0.15, 0.2) is 11.6 Å². The van der Waals surface area contributed by atoms with Gasteiger partial charge in [-0.3, -0.25) is 0 Å². The van der Waals surface area contributed by atoms with Gasteiger partial charge in [0.1, 0.15) is 0 Å². The number of rotatable bonds is 5. The summed E-state index contributed by atoms with van der Waals surface area (Å²) in [4.78, 5) is 5.31. The molecule has 0 unspecified atom stereocenters. The molecule has 1 heterocycles. The van der Waals surface area contributed by atoms with E-state index in [9.17, 15) is 9.50 Å². The molecule has 0 amide bonds. The van der Waals surface area contributed by atoms with Gasteiger partial charge in [-0.15, -0.1) is 11.3 Å². The lowest BCUT2D eigenvalue weighted by molar-refractivity contribution is 0.198. The van der Waals surface area contributed by atoms with Gasteiger partial charge in [0.25, 0.3) is 0 Å². The number of nitrogens with zero attached hydrogens (tertiary/aromatic N) is 1. The van der Waals surface area contributed by atoms with Crippen LogP contribution in [0, 0.1) is 12.7 Å². The van der Waals surface area contributed by atoms with Gasteiger partial charge < -0.3 is 9.84 Å². The predicted octanol–water partition coefficient (Wildman–Crippen LogP) is 3.27. The maximum atomic E-state index is 13.7. The highest BCUT2D eigenvalue weighted by Gasteiger charge is 2.08. The summed E-state index contributed by atoms with van der Waals surface area (Å²) in [5, 5.41) is 9.36. The molecule has 1 aromatic heterocycles. The monoisotopic (exact) mass is 281 g/mol. The molecule has 1 atom stereocenters. The Morgan fingerprint density at radius 3 is 2.84 bits per heavy atom. The molecule has 0 fully saturated rings. The van der Waals surface area contributed by atoms with Gasteiger partial charge in [-0.25, -0.2) is 9.37 Å². The second kappa shape index (κ2) is 6.12. The van der Waals surface area contributed by atoms with Gasteiger partial charge in [-0.05, 0) is 31.5 Å². The third kappa shape index (κ3) is 3.52. The van der Waals surface area contributed by atoms with E-state index in [1.165, 1.54) is 6.07 Å². The molecule has 0 aliphatic rings. The molecule has 0 spiro atoms. The van der Waals surface area contributed by atoms with E-state index in [1.54, 1.807) is 35.9 Å². The number of hydrogen-bond acceptors (Lipinski definition) is 4. The molecular formula is C14H16FNO2S. The van der Waals surface area contributed by atoms with Crippen LogP contribution in [0.5, 0.6) is 5.75 Å². The molecule has 2 rings (SSSR count). The Morgan fingerprint density at radius 2 is 2.26 bits per heavy atom. The Morgan fingerprint density at radius 1 is 1.47 bits per heavy atom. The van der Waals surface area contributed by atoms with Gasteiger partial charge in [-0.1, -0.05) is 6.07 Å². The molecule has 0 bridgehead atoms. The van der Waals surface area contributed by atoms with Crippen LogP contribution in [-0.2, 0) is 6.42 Å². The fraction of sp³-hybridized carbons (Fsp3) is 0.357. The number of aliphatic hydroxyl groups excluding tert-OH is 1. The molecule has 1 N–H and O–H groups in total. The molecule has 0 aliphatic carbocycles. The number of halogens is 1. The number of thiazole rings is 1. The van der Waals surface area contributed by atoms with Gasteiger partial charge in [-0.2, -0.15) is 0 Å². The largest absolute Gasteiger partial charge is 0.490 e.